The second-order valence-electron chi connectivity index (χ2n) is 7.89. The Morgan fingerprint density at radius 2 is 0.960 bits per heavy atom. The maximum Gasteiger partial charge on any atom is 2.00 e. The largest absolute Gasteiger partial charge is 2.00 e. The maximum absolute atomic E-state index is 2.35. The van der Waals surface area contributed by atoms with E-state index < -0.39 is 0 Å². The van der Waals surface area contributed by atoms with Crippen LogP contribution in [-0.2, 0) is 37.0 Å². The molecular formula is C24H38Zr. The Hall–Kier alpha value is -0.417. The standard InChI is InChI=1S/2C12H19.Zr/c2*1-5-12(4,6-2)11-8-7-10(3)9-11;/h2*7-9H,5-6H2,1-4H3;/q2*-1;+2. The van der Waals surface area contributed by atoms with E-state index in [4.69, 9.17) is 0 Å². The molecule has 0 aliphatic rings. The third kappa shape index (κ3) is 6.35. The van der Waals surface area contributed by atoms with E-state index in [9.17, 15) is 0 Å². The van der Waals surface area contributed by atoms with E-state index in [0.29, 0.717) is 10.8 Å². The summed E-state index contributed by atoms with van der Waals surface area (Å²) in [7, 11) is 0. The van der Waals surface area contributed by atoms with Crippen LogP contribution in [0.1, 0.15) is 89.5 Å². The second-order valence-corrected chi connectivity index (χ2v) is 7.89. The van der Waals surface area contributed by atoms with E-state index in [1.54, 1.807) is 0 Å². The molecule has 2 aromatic carbocycles. The summed E-state index contributed by atoms with van der Waals surface area (Å²) in [5.74, 6) is 0. The van der Waals surface area contributed by atoms with Gasteiger partial charge in [0.05, 0.1) is 0 Å². The average molecular weight is 418 g/mol. The van der Waals surface area contributed by atoms with Gasteiger partial charge in [-0.15, -0.1) is 0 Å². The molecule has 0 spiro atoms. The van der Waals surface area contributed by atoms with Gasteiger partial charge in [0.1, 0.15) is 0 Å². The van der Waals surface area contributed by atoms with Crippen LogP contribution in [-0.4, -0.2) is 0 Å². The van der Waals surface area contributed by atoms with Gasteiger partial charge in [0.25, 0.3) is 0 Å². The average Bonchev–Trinajstić information content (AvgIpc) is 3.23. The molecule has 0 saturated carbocycles. The third-order valence-corrected chi connectivity index (χ3v) is 6.33. The van der Waals surface area contributed by atoms with Gasteiger partial charge >= 0.3 is 26.2 Å². The van der Waals surface area contributed by atoms with E-state index in [0.717, 1.165) is 0 Å². The van der Waals surface area contributed by atoms with Crippen molar-refractivity contribution >= 4 is 0 Å². The van der Waals surface area contributed by atoms with Crippen molar-refractivity contribution in [2.45, 2.75) is 91.9 Å². The molecule has 25 heavy (non-hydrogen) atoms. The van der Waals surface area contributed by atoms with Crippen LogP contribution in [0.5, 0.6) is 0 Å². The fourth-order valence-electron chi connectivity index (χ4n) is 3.19. The van der Waals surface area contributed by atoms with Crippen LogP contribution in [0, 0.1) is 13.8 Å². The Morgan fingerprint density at radius 3 is 1.12 bits per heavy atom. The Kier molecular flexibility index (Phi) is 10.5. The van der Waals surface area contributed by atoms with Crippen molar-refractivity contribution in [3.05, 3.63) is 58.7 Å². The van der Waals surface area contributed by atoms with Crippen LogP contribution in [0.15, 0.2) is 36.4 Å². The van der Waals surface area contributed by atoms with Gasteiger partial charge in [-0.1, -0.05) is 91.9 Å². The summed E-state index contributed by atoms with van der Waals surface area (Å²) in [5, 5.41) is 0. The van der Waals surface area contributed by atoms with Crippen LogP contribution in [0.2, 0.25) is 0 Å². The zero-order valence-electron chi connectivity index (χ0n) is 17.8. The number of hydrogen-bond acceptors (Lipinski definition) is 0. The molecule has 0 nitrogen and oxygen atoms in total. The minimum atomic E-state index is 0. The Balaban J connectivity index is 0.000000443. The molecule has 0 N–H and O–H groups in total. The topological polar surface area (TPSA) is 0 Å². The van der Waals surface area contributed by atoms with Gasteiger partial charge < -0.3 is 0 Å². The molecule has 0 heterocycles. The first-order chi connectivity index (χ1) is 11.2. The number of aryl methyl sites for hydroxylation is 2. The van der Waals surface area contributed by atoms with E-state index in [1.165, 1.54) is 47.9 Å². The van der Waals surface area contributed by atoms with E-state index >= 15 is 0 Å². The van der Waals surface area contributed by atoms with Gasteiger partial charge in [-0.05, 0) is 0 Å². The molecule has 0 amide bonds. The first-order valence-corrected chi connectivity index (χ1v) is 9.72. The molecule has 2 aromatic rings. The molecule has 0 aliphatic carbocycles. The van der Waals surface area contributed by atoms with Crippen molar-refractivity contribution in [1.29, 1.82) is 0 Å². The van der Waals surface area contributed by atoms with Gasteiger partial charge in [-0.3, -0.25) is 0 Å². The quantitative estimate of drug-likeness (QED) is 0.425. The van der Waals surface area contributed by atoms with Crippen molar-refractivity contribution in [2.24, 2.45) is 0 Å². The first-order valence-electron chi connectivity index (χ1n) is 9.72. The summed E-state index contributed by atoms with van der Waals surface area (Å²) in [6.07, 6.45) is 4.92. The van der Waals surface area contributed by atoms with Crippen molar-refractivity contribution in [2.75, 3.05) is 0 Å². The van der Waals surface area contributed by atoms with Gasteiger partial charge in [-0.25, -0.2) is 12.1 Å². The molecule has 0 bridgehead atoms. The number of rotatable bonds is 6. The van der Waals surface area contributed by atoms with Crippen LogP contribution in [0.25, 0.3) is 0 Å². The van der Waals surface area contributed by atoms with Gasteiger partial charge in [0.2, 0.25) is 0 Å². The van der Waals surface area contributed by atoms with Crippen LogP contribution in [0.4, 0.5) is 0 Å². The maximum atomic E-state index is 2.35. The summed E-state index contributed by atoms with van der Waals surface area (Å²) in [6, 6.07) is 13.6. The zero-order valence-corrected chi connectivity index (χ0v) is 20.3. The summed E-state index contributed by atoms with van der Waals surface area (Å²) in [6.45, 7) is 18.1. The monoisotopic (exact) mass is 416 g/mol. The number of hydrogen-bond donors (Lipinski definition) is 0. The van der Waals surface area contributed by atoms with E-state index in [1.807, 2.05) is 0 Å². The van der Waals surface area contributed by atoms with Gasteiger partial charge in [0.15, 0.2) is 0 Å². The third-order valence-electron chi connectivity index (χ3n) is 6.33. The molecule has 0 aromatic heterocycles. The second kappa shape index (κ2) is 10.7. The minimum Gasteiger partial charge on any atom is -0.210 e. The molecule has 0 unspecified atom stereocenters. The zero-order chi connectivity index (χ0) is 18.4. The van der Waals surface area contributed by atoms with Crippen LogP contribution >= 0.6 is 0 Å². The minimum absolute atomic E-state index is 0. The van der Waals surface area contributed by atoms with E-state index in [2.05, 4.69) is 91.8 Å². The van der Waals surface area contributed by atoms with E-state index in [-0.39, 0.29) is 26.2 Å². The predicted octanol–water partition coefficient (Wildman–Crippen LogP) is 7.58. The fraction of sp³-hybridized carbons (Fsp3) is 0.583. The molecule has 0 saturated heterocycles. The molecule has 0 aliphatic heterocycles. The summed E-state index contributed by atoms with van der Waals surface area (Å²) in [5.41, 5.74) is 6.58. The predicted molar refractivity (Wildman–Crippen MR) is 109 cm³/mol. The SMILES string of the molecule is CCC(C)(CC)c1cc[c-](C)c1.CCC(C)(CC)c1cc[c-](C)c1.[Zr+2]. The fourth-order valence-corrected chi connectivity index (χ4v) is 3.19. The van der Waals surface area contributed by atoms with Crippen molar-refractivity contribution in [1.82, 2.24) is 0 Å². The first kappa shape index (κ1) is 24.6. The summed E-state index contributed by atoms with van der Waals surface area (Å²) in [4.78, 5) is 0. The molecule has 138 valence electrons. The Labute approximate surface area is 176 Å². The molecule has 0 fully saturated rings. The van der Waals surface area contributed by atoms with Crippen LogP contribution in [0.3, 0.4) is 0 Å². The molecule has 0 radical (unpaired) electrons. The van der Waals surface area contributed by atoms with Gasteiger partial charge in [0, 0.05) is 0 Å². The molecule has 1 heteroatoms. The molecular weight excluding hydrogens is 379 g/mol. The smallest absolute Gasteiger partial charge is 0.210 e. The van der Waals surface area contributed by atoms with Gasteiger partial charge in [-0.2, -0.15) is 46.5 Å². The van der Waals surface area contributed by atoms with Crippen LogP contribution < -0.4 is 0 Å². The molecule has 2 rings (SSSR count). The van der Waals surface area contributed by atoms with Crippen molar-refractivity contribution in [3.8, 4) is 0 Å². The summed E-state index contributed by atoms with van der Waals surface area (Å²) < 4.78 is 0. The Bertz CT molecular complexity index is 537. The van der Waals surface area contributed by atoms with Crippen molar-refractivity contribution < 1.29 is 26.2 Å². The normalized spacial score (nSPS) is 11.5. The summed E-state index contributed by atoms with van der Waals surface area (Å²) >= 11 is 0. The molecule has 0 atom stereocenters. The van der Waals surface area contributed by atoms with Crippen molar-refractivity contribution in [3.63, 3.8) is 0 Å². The Morgan fingerprint density at radius 1 is 0.680 bits per heavy atom.